The summed E-state index contributed by atoms with van der Waals surface area (Å²) in [6, 6.07) is 12.3. The third-order valence-electron chi connectivity index (χ3n) is 3.19. The minimum absolute atomic E-state index is 0.469. The zero-order valence-electron chi connectivity index (χ0n) is 11.6. The fourth-order valence-electron chi connectivity index (χ4n) is 1.96. The van der Waals surface area contributed by atoms with Gasteiger partial charge in [0.1, 0.15) is 10.4 Å². The topological polar surface area (TPSA) is 25.0 Å². The van der Waals surface area contributed by atoms with E-state index in [4.69, 9.17) is 17.0 Å². The van der Waals surface area contributed by atoms with Crippen molar-refractivity contribution in [3.8, 4) is 5.75 Å². The van der Waals surface area contributed by atoms with Crippen molar-refractivity contribution in [3.63, 3.8) is 0 Å². The van der Waals surface area contributed by atoms with Gasteiger partial charge < -0.3 is 9.72 Å². The molecule has 3 heteroatoms. The maximum absolute atomic E-state index is 5.43. The molecular weight excluding hydrogens is 254 g/mol. The number of methoxy groups -OCH3 is 1. The lowest BCUT2D eigenvalue weighted by Gasteiger charge is -2.08. The number of nitrogens with one attached hydrogen (secondary N) is 1. The van der Waals surface area contributed by atoms with E-state index < -0.39 is 0 Å². The number of ether oxygens (including phenoxy) is 1. The van der Waals surface area contributed by atoms with E-state index in [0.29, 0.717) is 5.92 Å². The quantitative estimate of drug-likeness (QED) is 0.832. The molecule has 0 atom stereocenters. The summed E-state index contributed by atoms with van der Waals surface area (Å²) in [7, 11) is 1.68. The smallest absolute Gasteiger partial charge is 0.118 e. The number of rotatable bonds is 4. The van der Waals surface area contributed by atoms with E-state index in [2.05, 4.69) is 43.1 Å². The van der Waals surface area contributed by atoms with Gasteiger partial charge in [0.25, 0.3) is 0 Å². The van der Waals surface area contributed by atoms with Crippen LogP contribution in [0.5, 0.6) is 5.75 Å². The molecule has 0 aliphatic carbocycles. The molecule has 0 aliphatic rings. The Morgan fingerprint density at radius 1 is 1.11 bits per heavy atom. The molecule has 1 aromatic carbocycles. The van der Waals surface area contributed by atoms with Crippen LogP contribution in [-0.2, 0) is 6.42 Å². The number of aromatic amines is 1. The van der Waals surface area contributed by atoms with Crippen LogP contribution in [0.3, 0.4) is 0 Å². The minimum Gasteiger partial charge on any atom is -0.497 e. The van der Waals surface area contributed by atoms with Gasteiger partial charge in [0, 0.05) is 12.1 Å². The first-order valence-corrected chi connectivity index (χ1v) is 6.86. The average molecular weight is 273 g/mol. The Morgan fingerprint density at radius 2 is 1.79 bits per heavy atom. The van der Waals surface area contributed by atoms with Crippen LogP contribution in [0.4, 0.5) is 0 Å². The second-order valence-corrected chi connectivity index (χ2v) is 5.36. The molecule has 0 aliphatic heterocycles. The average Bonchev–Trinajstić information content (AvgIpc) is 2.41. The molecule has 0 saturated heterocycles. The first-order chi connectivity index (χ1) is 9.10. The number of hydrogen-bond donors (Lipinski definition) is 1. The van der Waals surface area contributed by atoms with Crippen molar-refractivity contribution in [1.29, 1.82) is 0 Å². The van der Waals surface area contributed by atoms with Crippen molar-refractivity contribution in [1.82, 2.24) is 4.98 Å². The largest absolute Gasteiger partial charge is 0.497 e. The van der Waals surface area contributed by atoms with E-state index in [1.54, 1.807) is 7.11 Å². The summed E-state index contributed by atoms with van der Waals surface area (Å²) in [5.41, 5.74) is 3.57. The van der Waals surface area contributed by atoms with Gasteiger partial charge in [0.2, 0.25) is 0 Å². The summed E-state index contributed by atoms with van der Waals surface area (Å²) >= 11 is 5.43. The molecule has 100 valence electrons. The van der Waals surface area contributed by atoms with Crippen LogP contribution in [-0.4, -0.2) is 12.1 Å². The molecule has 2 nitrogen and oxygen atoms in total. The standard InChI is InChI=1S/C16H19NOS/c1-11(2)15-9-6-13(16(19)17-15)10-12-4-7-14(18-3)8-5-12/h4-9,11H,10H2,1-3H3,(H,17,19). The van der Waals surface area contributed by atoms with Gasteiger partial charge in [-0.05, 0) is 35.2 Å². The number of aromatic nitrogens is 1. The summed E-state index contributed by atoms with van der Waals surface area (Å²) in [6.45, 7) is 4.31. The molecule has 2 aromatic rings. The number of hydrogen-bond acceptors (Lipinski definition) is 2. The number of benzene rings is 1. The van der Waals surface area contributed by atoms with E-state index in [-0.39, 0.29) is 0 Å². The van der Waals surface area contributed by atoms with Gasteiger partial charge in [0.05, 0.1) is 7.11 Å². The van der Waals surface area contributed by atoms with Crippen molar-refractivity contribution in [2.45, 2.75) is 26.2 Å². The highest BCUT2D eigenvalue weighted by Gasteiger charge is 2.03. The highest BCUT2D eigenvalue weighted by molar-refractivity contribution is 7.71. The van der Waals surface area contributed by atoms with E-state index in [9.17, 15) is 0 Å². The summed E-state index contributed by atoms with van der Waals surface area (Å²) in [4.78, 5) is 3.31. The second kappa shape index (κ2) is 6.02. The Kier molecular flexibility index (Phi) is 4.38. The van der Waals surface area contributed by atoms with Gasteiger partial charge >= 0.3 is 0 Å². The molecule has 1 N–H and O–H groups in total. The van der Waals surface area contributed by atoms with Gasteiger partial charge in [-0.1, -0.05) is 44.3 Å². The van der Waals surface area contributed by atoms with E-state index in [1.165, 1.54) is 11.3 Å². The lowest BCUT2D eigenvalue weighted by molar-refractivity contribution is 0.414. The monoisotopic (exact) mass is 273 g/mol. The minimum atomic E-state index is 0.469. The summed E-state index contributed by atoms with van der Waals surface area (Å²) in [5, 5.41) is 0. The molecule has 0 spiro atoms. The SMILES string of the molecule is COc1ccc(Cc2ccc(C(C)C)[nH]c2=S)cc1. The molecule has 0 bridgehead atoms. The molecule has 2 rings (SSSR count). The Bertz CT molecular complexity index is 599. The number of pyridine rings is 1. The predicted octanol–water partition coefficient (Wildman–Crippen LogP) is 4.47. The van der Waals surface area contributed by atoms with Gasteiger partial charge in [-0.3, -0.25) is 0 Å². The zero-order valence-corrected chi connectivity index (χ0v) is 12.4. The van der Waals surface area contributed by atoms with Crippen molar-refractivity contribution in [3.05, 3.63) is 57.9 Å². The van der Waals surface area contributed by atoms with E-state index in [0.717, 1.165) is 22.4 Å². The van der Waals surface area contributed by atoms with Crippen LogP contribution in [0.25, 0.3) is 0 Å². The Morgan fingerprint density at radius 3 is 2.32 bits per heavy atom. The third-order valence-corrected chi connectivity index (χ3v) is 3.55. The molecule has 1 aromatic heterocycles. The maximum Gasteiger partial charge on any atom is 0.118 e. The first-order valence-electron chi connectivity index (χ1n) is 6.45. The molecule has 0 amide bonds. The Labute approximate surface area is 119 Å². The van der Waals surface area contributed by atoms with E-state index >= 15 is 0 Å². The van der Waals surface area contributed by atoms with Crippen molar-refractivity contribution >= 4 is 12.2 Å². The zero-order chi connectivity index (χ0) is 13.8. The van der Waals surface area contributed by atoms with Crippen LogP contribution >= 0.6 is 12.2 Å². The molecule has 0 fully saturated rings. The fourth-order valence-corrected chi connectivity index (χ4v) is 2.22. The normalized spacial score (nSPS) is 10.7. The Hall–Kier alpha value is -1.61. The summed E-state index contributed by atoms with van der Waals surface area (Å²) in [5.74, 6) is 1.35. The lowest BCUT2D eigenvalue weighted by atomic mass is 10.0. The molecule has 0 radical (unpaired) electrons. The van der Waals surface area contributed by atoms with Crippen LogP contribution in [0.2, 0.25) is 0 Å². The maximum atomic E-state index is 5.43. The molecule has 0 unspecified atom stereocenters. The van der Waals surface area contributed by atoms with Crippen LogP contribution in [0.1, 0.15) is 36.6 Å². The summed E-state index contributed by atoms with van der Waals surface area (Å²) < 4.78 is 5.99. The second-order valence-electron chi connectivity index (χ2n) is 4.95. The van der Waals surface area contributed by atoms with Crippen LogP contribution < -0.4 is 4.74 Å². The van der Waals surface area contributed by atoms with Gasteiger partial charge in [-0.15, -0.1) is 0 Å². The molecular formula is C16H19NOS. The van der Waals surface area contributed by atoms with Crippen LogP contribution in [0.15, 0.2) is 36.4 Å². The fraction of sp³-hybridized carbons (Fsp3) is 0.312. The predicted molar refractivity (Wildman–Crippen MR) is 81.5 cm³/mol. The van der Waals surface area contributed by atoms with Gasteiger partial charge in [-0.2, -0.15) is 0 Å². The van der Waals surface area contributed by atoms with Crippen LogP contribution in [0, 0.1) is 4.64 Å². The summed E-state index contributed by atoms with van der Waals surface area (Å²) in [6.07, 6.45) is 0.845. The highest BCUT2D eigenvalue weighted by atomic mass is 32.1. The van der Waals surface area contributed by atoms with Gasteiger partial charge in [0.15, 0.2) is 0 Å². The number of H-pyrrole nitrogens is 1. The van der Waals surface area contributed by atoms with Crippen molar-refractivity contribution in [2.75, 3.05) is 7.11 Å². The third kappa shape index (κ3) is 3.44. The molecule has 1 heterocycles. The lowest BCUT2D eigenvalue weighted by Crippen LogP contribution is -1.97. The molecule has 19 heavy (non-hydrogen) atoms. The van der Waals surface area contributed by atoms with E-state index in [1.807, 2.05) is 12.1 Å². The molecule has 0 saturated carbocycles. The van der Waals surface area contributed by atoms with Gasteiger partial charge in [-0.25, -0.2) is 0 Å². The Balaban J connectivity index is 2.21. The van der Waals surface area contributed by atoms with Crippen molar-refractivity contribution < 1.29 is 4.74 Å². The highest BCUT2D eigenvalue weighted by Crippen LogP contribution is 2.17. The van der Waals surface area contributed by atoms with Crippen molar-refractivity contribution in [2.24, 2.45) is 0 Å². The first kappa shape index (κ1) is 13.8.